The number of carbonyl (C=O) groups excluding carboxylic acids is 1. The molecule has 126 valence electrons. The van der Waals surface area contributed by atoms with Crippen LogP contribution in [0.2, 0.25) is 0 Å². The van der Waals surface area contributed by atoms with Gasteiger partial charge in [0.15, 0.2) is 11.7 Å². The molecule has 0 spiro atoms. The third-order valence-electron chi connectivity index (χ3n) is 3.30. The number of ether oxygens (including phenoxy) is 1. The number of aromatic nitrogens is 2. The van der Waals surface area contributed by atoms with Gasteiger partial charge in [-0.2, -0.15) is 0 Å². The number of amidine groups is 2. The smallest absolute Gasteiger partial charge is 0.410 e. The minimum absolute atomic E-state index is 0.0325. The highest BCUT2D eigenvalue weighted by atomic mass is 16.6. The summed E-state index contributed by atoms with van der Waals surface area (Å²) in [5.41, 5.74) is 6.71. The Morgan fingerprint density at radius 2 is 2.09 bits per heavy atom. The summed E-state index contributed by atoms with van der Waals surface area (Å²) in [6.07, 6.45) is -0.356. The summed E-state index contributed by atoms with van der Waals surface area (Å²) in [5, 5.41) is 8.01. The molecule has 2 heterocycles. The van der Waals surface area contributed by atoms with E-state index in [2.05, 4.69) is 9.98 Å². The topological polar surface area (TPSA) is 110 Å². The van der Waals surface area contributed by atoms with E-state index in [0.717, 1.165) is 11.4 Å². The number of fused-ring (bicyclic) bond motifs is 1. The minimum Gasteiger partial charge on any atom is -0.444 e. The average molecular weight is 320 g/mol. The molecule has 0 saturated carbocycles. The first-order chi connectivity index (χ1) is 10.6. The van der Waals surface area contributed by atoms with Gasteiger partial charge in [-0.3, -0.25) is 10.3 Å². The van der Waals surface area contributed by atoms with Crippen LogP contribution in [-0.4, -0.2) is 37.8 Å². The predicted molar refractivity (Wildman–Crippen MR) is 87.5 cm³/mol. The van der Waals surface area contributed by atoms with E-state index in [4.69, 9.17) is 15.9 Å². The molecule has 1 aromatic rings. The van der Waals surface area contributed by atoms with Gasteiger partial charge in [0.05, 0.1) is 30.3 Å². The van der Waals surface area contributed by atoms with Crippen molar-refractivity contribution in [3.63, 3.8) is 0 Å². The number of nitrogens with two attached hydrogens (primary N) is 1. The second-order valence-electron chi connectivity index (χ2n) is 6.51. The number of carbonyl (C=O) groups is 1. The molecule has 3 N–H and O–H groups in total. The molecule has 8 heteroatoms. The van der Waals surface area contributed by atoms with Gasteiger partial charge in [0.1, 0.15) is 5.60 Å². The SMILES string of the molecule is CCn1c(C(=N)N=C(C)N)nc2c1CN(C(=O)OC(C)(C)C)C2. The Morgan fingerprint density at radius 3 is 2.61 bits per heavy atom. The average Bonchev–Trinajstić information content (AvgIpc) is 2.92. The Bertz CT molecular complexity index is 664. The van der Waals surface area contributed by atoms with Crippen molar-refractivity contribution in [3.8, 4) is 0 Å². The fourth-order valence-corrected chi connectivity index (χ4v) is 2.46. The lowest BCUT2D eigenvalue weighted by Gasteiger charge is -2.24. The molecule has 2 rings (SSSR count). The number of hydrogen-bond acceptors (Lipinski definition) is 4. The van der Waals surface area contributed by atoms with E-state index < -0.39 is 5.60 Å². The molecule has 0 unspecified atom stereocenters. The molecule has 23 heavy (non-hydrogen) atoms. The van der Waals surface area contributed by atoms with Crippen molar-refractivity contribution in [2.75, 3.05) is 0 Å². The molecule has 0 saturated heterocycles. The molecule has 1 aliphatic heterocycles. The van der Waals surface area contributed by atoms with Crippen molar-refractivity contribution < 1.29 is 9.53 Å². The van der Waals surface area contributed by atoms with Crippen LogP contribution in [-0.2, 0) is 24.4 Å². The van der Waals surface area contributed by atoms with Gasteiger partial charge < -0.3 is 15.0 Å². The van der Waals surface area contributed by atoms with E-state index in [1.165, 1.54) is 0 Å². The Morgan fingerprint density at radius 1 is 1.43 bits per heavy atom. The van der Waals surface area contributed by atoms with Gasteiger partial charge in [-0.15, -0.1) is 0 Å². The van der Waals surface area contributed by atoms with Crippen LogP contribution in [0.25, 0.3) is 0 Å². The van der Waals surface area contributed by atoms with E-state index in [1.54, 1.807) is 11.8 Å². The molecule has 1 aliphatic rings. The van der Waals surface area contributed by atoms with Crippen LogP contribution in [0.4, 0.5) is 4.79 Å². The van der Waals surface area contributed by atoms with Crippen molar-refractivity contribution in [1.82, 2.24) is 14.5 Å². The molecule has 0 aromatic carbocycles. The maximum Gasteiger partial charge on any atom is 0.410 e. The highest BCUT2D eigenvalue weighted by Gasteiger charge is 2.32. The summed E-state index contributed by atoms with van der Waals surface area (Å²) in [5.74, 6) is 0.826. The van der Waals surface area contributed by atoms with Crippen LogP contribution in [0.15, 0.2) is 4.99 Å². The molecular weight excluding hydrogens is 296 g/mol. The second-order valence-corrected chi connectivity index (χ2v) is 6.51. The normalized spacial score (nSPS) is 14.8. The molecule has 8 nitrogen and oxygen atoms in total. The van der Waals surface area contributed by atoms with Crippen molar-refractivity contribution >= 4 is 17.8 Å². The van der Waals surface area contributed by atoms with Gasteiger partial charge in [0.25, 0.3) is 0 Å². The highest BCUT2D eigenvalue weighted by molar-refractivity contribution is 6.01. The van der Waals surface area contributed by atoms with Crippen LogP contribution in [0.1, 0.15) is 51.8 Å². The predicted octanol–water partition coefficient (Wildman–Crippen LogP) is 1.86. The first kappa shape index (κ1) is 17.0. The zero-order valence-electron chi connectivity index (χ0n) is 14.3. The van der Waals surface area contributed by atoms with Crippen LogP contribution in [0, 0.1) is 5.41 Å². The summed E-state index contributed by atoms with van der Waals surface area (Å²) >= 11 is 0. The maximum absolute atomic E-state index is 12.2. The Labute approximate surface area is 135 Å². The van der Waals surface area contributed by atoms with Crippen LogP contribution in [0.3, 0.4) is 0 Å². The summed E-state index contributed by atoms with van der Waals surface area (Å²) in [4.78, 5) is 22.2. The number of imidazole rings is 1. The first-order valence-electron chi connectivity index (χ1n) is 7.58. The molecule has 0 bridgehead atoms. The van der Waals surface area contributed by atoms with Crippen molar-refractivity contribution in [2.24, 2.45) is 10.7 Å². The number of hydrogen-bond donors (Lipinski definition) is 2. The lowest BCUT2D eigenvalue weighted by atomic mass is 10.2. The van der Waals surface area contributed by atoms with Gasteiger partial charge in [-0.25, -0.2) is 14.8 Å². The highest BCUT2D eigenvalue weighted by Crippen LogP contribution is 2.26. The zero-order valence-corrected chi connectivity index (χ0v) is 14.3. The fourth-order valence-electron chi connectivity index (χ4n) is 2.46. The van der Waals surface area contributed by atoms with Gasteiger partial charge in [0.2, 0.25) is 0 Å². The summed E-state index contributed by atoms with van der Waals surface area (Å²) < 4.78 is 7.29. The number of nitrogens with zero attached hydrogens (tertiary/aromatic N) is 4. The van der Waals surface area contributed by atoms with Gasteiger partial charge in [0, 0.05) is 6.54 Å². The van der Waals surface area contributed by atoms with E-state index >= 15 is 0 Å². The van der Waals surface area contributed by atoms with Crippen molar-refractivity contribution in [2.45, 2.75) is 59.9 Å². The van der Waals surface area contributed by atoms with E-state index in [1.807, 2.05) is 32.3 Å². The van der Waals surface area contributed by atoms with E-state index in [0.29, 0.717) is 31.3 Å². The summed E-state index contributed by atoms with van der Waals surface area (Å²) in [6.45, 7) is 10.6. The second kappa shape index (κ2) is 6.02. The molecular formula is C15H24N6O2. The van der Waals surface area contributed by atoms with Crippen molar-refractivity contribution in [1.29, 1.82) is 5.41 Å². The fraction of sp³-hybridized carbons (Fsp3) is 0.600. The lowest BCUT2D eigenvalue weighted by Crippen LogP contribution is -2.34. The van der Waals surface area contributed by atoms with Crippen LogP contribution in [0.5, 0.6) is 0 Å². The largest absolute Gasteiger partial charge is 0.444 e. The van der Waals surface area contributed by atoms with Crippen LogP contribution >= 0.6 is 0 Å². The van der Waals surface area contributed by atoms with E-state index in [-0.39, 0.29) is 11.9 Å². The summed E-state index contributed by atoms with van der Waals surface area (Å²) in [6, 6.07) is 0. The standard InChI is InChI=1S/C15H24N6O2/c1-6-21-11-8-20(14(22)23-15(3,4)5)7-10(11)19-13(21)12(17)18-9(2)16/h6-8H2,1-5H3,(H3,16,17,18). The Kier molecular flexibility index (Phi) is 4.44. The third-order valence-corrected chi connectivity index (χ3v) is 3.30. The molecule has 0 aliphatic carbocycles. The monoisotopic (exact) mass is 320 g/mol. The molecule has 0 fully saturated rings. The van der Waals surface area contributed by atoms with E-state index in [9.17, 15) is 4.79 Å². The molecule has 0 radical (unpaired) electrons. The zero-order chi connectivity index (χ0) is 17.4. The maximum atomic E-state index is 12.2. The molecule has 1 amide bonds. The number of nitrogens with one attached hydrogen (secondary N) is 1. The van der Waals surface area contributed by atoms with Crippen LogP contribution < -0.4 is 5.73 Å². The Hall–Kier alpha value is -2.38. The third kappa shape index (κ3) is 3.69. The summed E-state index contributed by atoms with van der Waals surface area (Å²) in [7, 11) is 0. The molecule has 0 atom stereocenters. The number of aliphatic imine (C=N–C) groups is 1. The number of rotatable bonds is 2. The van der Waals surface area contributed by atoms with Gasteiger partial charge >= 0.3 is 6.09 Å². The first-order valence-corrected chi connectivity index (χ1v) is 7.58. The lowest BCUT2D eigenvalue weighted by molar-refractivity contribution is 0.0237. The van der Waals surface area contributed by atoms with Crippen molar-refractivity contribution in [3.05, 3.63) is 17.2 Å². The minimum atomic E-state index is -0.529. The quantitative estimate of drug-likeness (QED) is 0.640. The molecule has 1 aromatic heterocycles. The van der Waals surface area contributed by atoms with Gasteiger partial charge in [-0.05, 0) is 34.6 Å². The van der Waals surface area contributed by atoms with Gasteiger partial charge in [-0.1, -0.05) is 0 Å². The number of amides is 1. The Balaban J connectivity index is 2.22.